The predicted molar refractivity (Wildman–Crippen MR) is 61.8 cm³/mol. The molecule has 0 aliphatic carbocycles. The van der Waals surface area contributed by atoms with Crippen LogP contribution in [0.2, 0.25) is 0 Å². The first kappa shape index (κ1) is 54.0. The minimum atomic E-state index is -5.39. The van der Waals surface area contributed by atoms with Crippen molar-refractivity contribution in [1.29, 1.82) is 0 Å². The molecule has 0 unspecified atom stereocenters. The summed E-state index contributed by atoms with van der Waals surface area (Å²) >= 11 is -7.52. The van der Waals surface area contributed by atoms with Crippen molar-refractivity contribution in [3.05, 3.63) is 0 Å². The molecule has 0 saturated carbocycles. The minimum absolute atomic E-state index is 0.125. The van der Waals surface area contributed by atoms with Crippen molar-refractivity contribution >= 4 is 15.6 Å². The summed E-state index contributed by atoms with van der Waals surface area (Å²) in [4.78, 5) is 51.3. The molecule has 0 aliphatic rings. The summed E-state index contributed by atoms with van der Waals surface area (Å²) in [5.74, 6) is 0. The van der Waals surface area contributed by atoms with Crippen LogP contribution in [0.3, 0.4) is 0 Å². The zero-order valence-electron chi connectivity index (χ0n) is 15.0. The van der Waals surface area contributed by atoms with Gasteiger partial charge in [0.1, 0.15) is 0 Å². The van der Waals surface area contributed by atoms with Crippen LogP contribution >= 0.6 is 15.6 Å². The van der Waals surface area contributed by atoms with Gasteiger partial charge in [-0.25, -0.2) is 0 Å². The molecule has 0 fully saturated rings. The van der Waals surface area contributed by atoms with Gasteiger partial charge in [0.2, 0.25) is 0 Å². The van der Waals surface area contributed by atoms with Crippen LogP contribution in [-0.2, 0) is 22.5 Å². The molecule has 0 aromatic carbocycles. The second kappa shape index (κ2) is 58.1. The summed E-state index contributed by atoms with van der Waals surface area (Å²) in [6.07, 6.45) is 0. The van der Waals surface area contributed by atoms with Crippen molar-refractivity contribution in [1.82, 2.24) is 0 Å². The van der Waals surface area contributed by atoms with Crippen molar-refractivity contribution < 1.29 is 166 Å². The van der Waals surface area contributed by atoms with E-state index in [0.717, 1.165) is 0 Å². The van der Waals surface area contributed by atoms with Crippen molar-refractivity contribution in [3.63, 3.8) is 0 Å². The van der Waals surface area contributed by atoms with E-state index < -0.39 is 99.1 Å². The zero-order valence-corrected chi connectivity index (χ0v) is 29.3. The van der Waals surface area contributed by atoms with Gasteiger partial charge in [-0.15, -0.1) is 0 Å². The standard InChI is InChI=1S/3C2H6O2.2H3O4P.6O.3U/c3*3-1-2-4;2*1-5(2,3)4;;;;;;;;;/h3*3-4H,1-2H2;2*(H3,1,2,3,4);;;;;;;;;/q;;;;;;;;;;;3*+2/p-6. The Hall–Kier alpha value is 1.94. The van der Waals surface area contributed by atoms with Gasteiger partial charge >= 0.3 is 96.9 Å². The van der Waals surface area contributed by atoms with Crippen LogP contribution in [0.15, 0.2) is 0 Å². The third kappa shape index (κ3) is 1170. The number of aliphatic hydroxyl groups is 6. The van der Waals surface area contributed by atoms with E-state index in [9.17, 15) is 0 Å². The van der Waals surface area contributed by atoms with Gasteiger partial charge in [-0.05, 0) is 0 Å². The fourth-order valence-corrected chi connectivity index (χ4v) is 0. The van der Waals surface area contributed by atoms with Gasteiger partial charge < -0.3 is 69.1 Å². The van der Waals surface area contributed by atoms with E-state index in [4.69, 9.17) is 82.5 Å². The quantitative estimate of drug-likeness (QED) is 0.143. The van der Waals surface area contributed by atoms with Crippen LogP contribution in [0.4, 0.5) is 0 Å². The van der Waals surface area contributed by atoms with Crippen LogP contribution in [0.1, 0.15) is 0 Å². The van der Waals surface area contributed by atoms with Crippen LogP contribution < -0.4 is 29.4 Å². The Kier molecular flexibility index (Phi) is 101. The van der Waals surface area contributed by atoms with E-state index in [1.807, 2.05) is 0 Å². The van der Waals surface area contributed by atoms with E-state index >= 15 is 0 Å². The van der Waals surface area contributed by atoms with E-state index in [1.165, 1.54) is 0 Å². The molecule has 0 bridgehead atoms. The van der Waals surface area contributed by atoms with E-state index in [-0.39, 0.29) is 39.6 Å². The summed E-state index contributed by atoms with van der Waals surface area (Å²) in [5.41, 5.74) is 0. The van der Waals surface area contributed by atoms with Crippen molar-refractivity contribution in [3.8, 4) is 0 Å². The number of rotatable bonds is 3. The average molecular weight is 1190 g/mol. The molecule has 184 valence electrons. The van der Waals surface area contributed by atoms with Gasteiger partial charge in [-0.1, -0.05) is 0 Å². The van der Waals surface area contributed by atoms with Gasteiger partial charge in [-0.2, -0.15) is 15.6 Å². The summed E-state index contributed by atoms with van der Waals surface area (Å²) in [7, 11) is -10.8. The molecular weight excluding hydrogens is 1170 g/mol. The fraction of sp³-hybridized carbons (Fsp3) is 1.00. The molecule has 6 N–H and O–H groups in total. The van der Waals surface area contributed by atoms with Crippen molar-refractivity contribution in [2.45, 2.75) is 0 Å². The SMILES string of the molecule is O=P([O-])([O-])[O-].O=P([O-])([O-])[O-].OCCO.OCCO.OCCO.[O]=[U+2]=[O].[O]=[U+2]=[O].[O]=[U+2]=[O]. The molecule has 0 radical (unpaired) electrons. The number of hydrogen-bond donors (Lipinski definition) is 6. The van der Waals surface area contributed by atoms with E-state index in [0.29, 0.717) is 0 Å². The fourth-order valence-electron chi connectivity index (χ4n) is 0. The Morgan fingerprint density at radius 2 is 0.452 bits per heavy atom. The molecule has 20 nitrogen and oxygen atoms in total. The van der Waals surface area contributed by atoms with Crippen LogP contribution in [0.5, 0.6) is 0 Å². The number of phosphoric acid groups is 2. The molecule has 31 heavy (non-hydrogen) atoms. The molecule has 0 heterocycles. The van der Waals surface area contributed by atoms with E-state index in [2.05, 4.69) is 0 Å². The number of aliphatic hydroxyl groups excluding tert-OH is 6. The van der Waals surface area contributed by atoms with Crippen LogP contribution in [-0.4, -0.2) is 70.3 Å². The molecule has 0 amide bonds. The maximum absolute atomic E-state index is 8.58. The van der Waals surface area contributed by atoms with Crippen molar-refractivity contribution in [2.24, 2.45) is 0 Å². The molecule has 0 aromatic heterocycles. The Bertz CT molecular complexity index is 391. The zero-order chi connectivity index (χ0) is 27.4. The molecule has 0 saturated heterocycles. The summed E-state index contributed by atoms with van der Waals surface area (Å²) in [6, 6.07) is 0. The maximum atomic E-state index is 8.58. The molecule has 0 atom stereocenters. The van der Waals surface area contributed by atoms with Gasteiger partial charge in [0.25, 0.3) is 0 Å². The average Bonchev–Trinajstić information content (AvgIpc) is 2.61. The van der Waals surface area contributed by atoms with Gasteiger partial charge in [-0.3, -0.25) is 0 Å². The normalized spacial score (nSPS) is 7.48. The predicted octanol–water partition coefficient (Wildman–Crippen LogP) is -9.45. The molecule has 25 heteroatoms. The van der Waals surface area contributed by atoms with Gasteiger partial charge in [0.05, 0.1) is 39.6 Å². The second-order valence-electron chi connectivity index (χ2n) is 2.49. The monoisotopic (exact) mass is 1190 g/mol. The molecule has 0 aromatic rings. The molecule has 0 rings (SSSR count). The topological polar surface area (TPSA) is 396 Å². The Balaban J connectivity index is -0.0000000328. The Labute approximate surface area is 218 Å². The summed E-state index contributed by atoms with van der Waals surface area (Å²) in [6.45, 7) is -0.750. The van der Waals surface area contributed by atoms with Crippen LogP contribution in [0, 0.1) is 83.5 Å². The first-order chi connectivity index (χ1) is 14.0. The molecule has 0 spiro atoms. The first-order valence-corrected chi connectivity index (χ1v) is 19.2. The molecule has 0 aliphatic heterocycles. The number of hydrogen-bond acceptors (Lipinski definition) is 20. The molecular formula is C6H18O20P2U3. The summed E-state index contributed by atoms with van der Waals surface area (Å²) < 4.78 is 68.6. The van der Waals surface area contributed by atoms with E-state index in [1.54, 1.807) is 0 Å². The first-order valence-electron chi connectivity index (χ1n) is 6.08. The van der Waals surface area contributed by atoms with Gasteiger partial charge in [0, 0.05) is 0 Å². The third-order valence-corrected chi connectivity index (χ3v) is 0.300. The third-order valence-electron chi connectivity index (χ3n) is 0.300. The second-order valence-corrected chi connectivity index (χ2v) is 6.36. The van der Waals surface area contributed by atoms with Gasteiger partial charge in [0.15, 0.2) is 0 Å². The van der Waals surface area contributed by atoms with Crippen LogP contribution in [0.25, 0.3) is 0 Å². The summed E-state index contributed by atoms with van der Waals surface area (Å²) in [5, 5.41) is 45.8. The van der Waals surface area contributed by atoms with Crippen molar-refractivity contribution in [2.75, 3.05) is 39.6 Å². The Morgan fingerprint density at radius 3 is 0.452 bits per heavy atom. The Morgan fingerprint density at radius 1 is 0.419 bits per heavy atom.